The summed E-state index contributed by atoms with van der Waals surface area (Å²) in [4.78, 5) is 29.3. The molecule has 1 aromatic heterocycles. The van der Waals surface area contributed by atoms with Crippen LogP contribution < -0.4 is 10.2 Å². The van der Waals surface area contributed by atoms with Crippen molar-refractivity contribution in [2.75, 3.05) is 23.3 Å². The van der Waals surface area contributed by atoms with E-state index < -0.39 is 10.8 Å². The quantitative estimate of drug-likeness (QED) is 0.688. The Labute approximate surface area is 139 Å². The van der Waals surface area contributed by atoms with Crippen molar-refractivity contribution < 1.29 is 9.72 Å². The van der Waals surface area contributed by atoms with Crippen molar-refractivity contribution in [2.45, 2.75) is 19.3 Å². The molecule has 1 N–H and O–H groups in total. The lowest BCUT2D eigenvalue weighted by molar-refractivity contribution is -0.384. The summed E-state index contributed by atoms with van der Waals surface area (Å²) in [6.07, 6.45) is 6.33. The molecule has 1 aliphatic heterocycles. The molecule has 0 bridgehead atoms. The molecule has 0 saturated carbocycles. The second kappa shape index (κ2) is 7.08. The third kappa shape index (κ3) is 3.51. The van der Waals surface area contributed by atoms with Gasteiger partial charge in [-0.25, -0.2) is 0 Å². The van der Waals surface area contributed by atoms with Crippen LogP contribution in [0.1, 0.15) is 29.6 Å². The third-order valence-electron chi connectivity index (χ3n) is 4.05. The zero-order valence-corrected chi connectivity index (χ0v) is 13.1. The van der Waals surface area contributed by atoms with Gasteiger partial charge in [0.2, 0.25) is 0 Å². The largest absolute Gasteiger partial charge is 0.366 e. The minimum absolute atomic E-state index is 0.0317. The van der Waals surface area contributed by atoms with E-state index in [2.05, 4.69) is 10.3 Å². The molecule has 3 rings (SSSR count). The van der Waals surface area contributed by atoms with Crippen molar-refractivity contribution in [1.82, 2.24) is 4.98 Å². The molecule has 0 spiro atoms. The lowest BCUT2D eigenvalue weighted by atomic mass is 10.1. The van der Waals surface area contributed by atoms with Crippen molar-refractivity contribution >= 4 is 23.0 Å². The number of hydrogen-bond acceptors (Lipinski definition) is 5. The van der Waals surface area contributed by atoms with E-state index in [9.17, 15) is 14.9 Å². The van der Waals surface area contributed by atoms with Crippen molar-refractivity contribution in [3.05, 3.63) is 58.4 Å². The Hall–Kier alpha value is -2.96. The Bertz CT molecular complexity index is 743. The van der Waals surface area contributed by atoms with Crippen LogP contribution in [-0.4, -0.2) is 28.9 Å². The molecule has 7 nitrogen and oxygen atoms in total. The maximum absolute atomic E-state index is 12.3. The van der Waals surface area contributed by atoms with E-state index in [1.807, 2.05) is 4.90 Å². The second-order valence-corrected chi connectivity index (χ2v) is 5.70. The maximum atomic E-state index is 12.3. The highest BCUT2D eigenvalue weighted by atomic mass is 16.6. The van der Waals surface area contributed by atoms with Crippen LogP contribution in [0, 0.1) is 10.1 Å². The average molecular weight is 326 g/mol. The topological polar surface area (TPSA) is 88.4 Å². The molecular weight excluding hydrogens is 308 g/mol. The predicted octanol–water partition coefficient (Wildman–Crippen LogP) is 3.23. The van der Waals surface area contributed by atoms with Crippen molar-refractivity contribution in [3.63, 3.8) is 0 Å². The van der Waals surface area contributed by atoms with E-state index in [4.69, 9.17) is 0 Å². The first kappa shape index (κ1) is 15.9. The van der Waals surface area contributed by atoms with Gasteiger partial charge in [-0.3, -0.25) is 19.9 Å². The molecule has 7 heteroatoms. The molecule has 1 saturated heterocycles. The molecule has 0 aliphatic carbocycles. The number of piperidine rings is 1. The number of hydrogen-bond donors (Lipinski definition) is 1. The lowest BCUT2D eigenvalue weighted by Gasteiger charge is -2.28. The summed E-state index contributed by atoms with van der Waals surface area (Å²) in [5.41, 5.74) is 1.35. The summed E-state index contributed by atoms with van der Waals surface area (Å²) in [5.74, 6) is -0.392. The van der Waals surface area contributed by atoms with Gasteiger partial charge >= 0.3 is 0 Å². The van der Waals surface area contributed by atoms with Gasteiger partial charge in [-0.15, -0.1) is 0 Å². The van der Waals surface area contributed by atoms with Crippen molar-refractivity contribution in [1.29, 1.82) is 0 Å². The summed E-state index contributed by atoms with van der Waals surface area (Å²) in [6, 6.07) is 8.05. The fourth-order valence-electron chi connectivity index (χ4n) is 2.85. The highest BCUT2D eigenvalue weighted by Gasteiger charge is 2.23. The molecule has 0 unspecified atom stereocenters. The lowest BCUT2D eigenvalue weighted by Crippen LogP contribution is -2.30. The second-order valence-electron chi connectivity index (χ2n) is 5.70. The molecular formula is C17H18N4O3. The standard InChI is InChI=1S/C17H18N4O3/c22-17(19-14-5-4-8-18-12-14)13-6-7-15(16(11-13)21(23)24)20-9-2-1-3-10-20/h4-8,11-12H,1-3,9-10H2,(H,19,22). The number of rotatable bonds is 4. The third-order valence-corrected chi connectivity index (χ3v) is 4.05. The van der Waals surface area contributed by atoms with Crippen LogP contribution >= 0.6 is 0 Å². The number of carbonyl (C=O) groups is 1. The Morgan fingerprint density at radius 3 is 2.67 bits per heavy atom. The molecule has 24 heavy (non-hydrogen) atoms. The first-order valence-corrected chi connectivity index (χ1v) is 7.90. The first-order valence-electron chi connectivity index (χ1n) is 7.90. The number of anilines is 2. The molecule has 124 valence electrons. The number of amides is 1. The van der Waals surface area contributed by atoms with E-state index in [1.165, 1.54) is 12.3 Å². The van der Waals surface area contributed by atoms with Crippen LogP contribution in [0.15, 0.2) is 42.7 Å². The van der Waals surface area contributed by atoms with E-state index >= 15 is 0 Å². The predicted molar refractivity (Wildman–Crippen MR) is 91.4 cm³/mol. The summed E-state index contributed by atoms with van der Waals surface area (Å²) in [6.45, 7) is 1.62. The molecule has 1 aromatic carbocycles. The number of nitro groups is 1. The summed E-state index contributed by atoms with van der Waals surface area (Å²) >= 11 is 0. The zero-order valence-electron chi connectivity index (χ0n) is 13.1. The molecule has 0 radical (unpaired) electrons. The number of pyridine rings is 1. The molecule has 1 amide bonds. The number of nitro benzene ring substituents is 1. The number of nitrogens with one attached hydrogen (secondary N) is 1. The number of carbonyl (C=O) groups excluding carboxylic acids is 1. The van der Waals surface area contributed by atoms with Crippen LogP contribution in [0.2, 0.25) is 0 Å². The van der Waals surface area contributed by atoms with Crippen LogP contribution in [0.25, 0.3) is 0 Å². The molecule has 1 aliphatic rings. The van der Waals surface area contributed by atoms with Gasteiger partial charge in [0, 0.05) is 30.9 Å². The van der Waals surface area contributed by atoms with E-state index in [-0.39, 0.29) is 11.3 Å². The van der Waals surface area contributed by atoms with Gasteiger partial charge in [-0.2, -0.15) is 0 Å². The Morgan fingerprint density at radius 1 is 1.21 bits per heavy atom. The van der Waals surface area contributed by atoms with E-state index in [0.29, 0.717) is 11.4 Å². The SMILES string of the molecule is O=C(Nc1cccnc1)c1ccc(N2CCCCC2)c([N+](=O)[O-])c1. The Kier molecular flexibility index (Phi) is 4.69. The van der Waals surface area contributed by atoms with Crippen molar-refractivity contribution in [2.24, 2.45) is 0 Å². The number of benzene rings is 1. The van der Waals surface area contributed by atoms with Gasteiger partial charge < -0.3 is 10.2 Å². The van der Waals surface area contributed by atoms with Gasteiger partial charge in [-0.05, 0) is 43.5 Å². The fraction of sp³-hybridized carbons (Fsp3) is 0.294. The molecule has 1 fully saturated rings. The van der Waals surface area contributed by atoms with Crippen molar-refractivity contribution in [3.8, 4) is 0 Å². The zero-order chi connectivity index (χ0) is 16.9. The van der Waals surface area contributed by atoms with Gasteiger partial charge in [0.05, 0.1) is 16.8 Å². The van der Waals surface area contributed by atoms with Crippen LogP contribution in [0.5, 0.6) is 0 Å². The van der Waals surface area contributed by atoms with Crippen LogP contribution in [-0.2, 0) is 0 Å². The van der Waals surface area contributed by atoms with E-state index in [0.717, 1.165) is 32.4 Å². The smallest absolute Gasteiger partial charge is 0.293 e. The molecule has 2 heterocycles. The van der Waals surface area contributed by atoms with Crippen LogP contribution in [0.4, 0.5) is 17.1 Å². The minimum atomic E-state index is -0.426. The average Bonchev–Trinajstić information content (AvgIpc) is 2.62. The summed E-state index contributed by atoms with van der Waals surface area (Å²) < 4.78 is 0. The Morgan fingerprint density at radius 2 is 2.00 bits per heavy atom. The van der Waals surface area contributed by atoms with E-state index in [1.54, 1.807) is 30.5 Å². The normalized spacial score (nSPS) is 14.2. The van der Waals surface area contributed by atoms with Gasteiger partial charge in [-0.1, -0.05) is 0 Å². The highest BCUT2D eigenvalue weighted by molar-refractivity contribution is 6.05. The monoisotopic (exact) mass is 326 g/mol. The molecule has 2 aromatic rings. The first-order chi connectivity index (χ1) is 11.6. The maximum Gasteiger partial charge on any atom is 0.293 e. The molecule has 0 atom stereocenters. The van der Waals surface area contributed by atoms with Gasteiger partial charge in [0.25, 0.3) is 11.6 Å². The highest BCUT2D eigenvalue weighted by Crippen LogP contribution is 2.31. The summed E-state index contributed by atoms with van der Waals surface area (Å²) in [5, 5.41) is 14.1. The number of aromatic nitrogens is 1. The van der Waals surface area contributed by atoms with Gasteiger partial charge in [0.1, 0.15) is 5.69 Å². The minimum Gasteiger partial charge on any atom is -0.366 e. The fourth-order valence-corrected chi connectivity index (χ4v) is 2.85. The summed E-state index contributed by atoms with van der Waals surface area (Å²) in [7, 11) is 0. The Balaban J connectivity index is 1.85. The number of nitrogens with zero attached hydrogens (tertiary/aromatic N) is 3. The van der Waals surface area contributed by atoms with Crippen LogP contribution in [0.3, 0.4) is 0 Å². The van der Waals surface area contributed by atoms with Gasteiger partial charge in [0.15, 0.2) is 0 Å².